The summed E-state index contributed by atoms with van der Waals surface area (Å²) in [5.74, 6) is 0.0560. The van der Waals surface area contributed by atoms with Crippen LogP contribution in [-0.2, 0) is 9.53 Å². The van der Waals surface area contributed by atoms with Gasteiger partial charge in [-0.1, -0.05) is 15.9 Å². The number of amides is 2. The highest BCUT2D eigenvalue weighted by atomic mass is 79.9. The number of halogens is 1. The number of hydrogen-bond acceptors (Lipinski definition) is 3. The number of rotatable bonds is 4. The lowest BCUT2D eigenvalue weighted by Gasteiger charge is -2.34. The first-order chi connectivity index (χ1) is 9.31. The first-order valence-corrected chi connectivity index (χ1v) is 8.27. The zero-order valence-electron chi connectivity index (χ0n) is 12.6. The second kappa shape index (κ2) is 7.86. The number of alkyl halides is 1. The van der Waals surface area contributed by atoms with Crippen molar-refractivity contribution in [2.45, 2.75) is 58.1 Å². The van der Waals surface area contributed by atoms with E-state index in [1.54, 1.807) is 4.90 Å². The summed E-state index contributed by atoms with van der Waals surface area (Å²) in [6.45, 7) is 6.80. The van der Waals surface area contributed by atoms with Gasteiger partial charge in [-0.05, 0) is 40.0 Å². The average Bonchev–Trinajstić information content (AvgIpc) is 2.34. The highest BCUT2D eigenvalue weighted by Gasteiger charge is 2.28. The molecule has 116 valence electrons. The Kier molecular flexibility index (Phi) is 6.79. The molecule has 1 aliphatic heterocycles. The highest BCUT2D eigenvalue weighted by Crippen LogP contribution is 2.15. The summed E-state index contributed by atoms with van der Waals surface area (Å²) in [4.78, 5) is 25.4. The Bertz CT molecular complexity index is 342. The topological polar surface area (TPSA) is 58.6 Å². The molecule has 6 heteroatoms. The number of nitrogens with zero attached hydrogens (tertiary/aromatic N) is 1. The van der Waals surface area contributed by atoms with Gasteiger partial charge < -0.3 is 15.0 Å². The molecule has 0 aromatic rings. The van der Waals surface area contributed by atoms with Crippen LogP contribution in [0.25, 0.3) is 0 Å². The van der Waals surface area contributed by atoms with Gasteiger partial charge in [0.1, 0.15) is 5.60 Å². The quantitative estimate of drug-likeness (QED) is 0.794. The molecule has 0 aromatic heterocycles. The third kappa shape index (κ3) is 6.59. The minimum atomic E-state index is -0.483. The number of piperidine rings is 1. The van der Waals surface area contributed by atoms with Gasteiger partial charge in [-0.25, -0.2) is 4.79 Å². The van der Waals surface area contributed by atoms with Crippen molar-refractivity contribution in [2.75, 3.05) is 18.4 Å². The first-order valence-electron chi connectivity index (χ1n) is 7.15. The SMILES string of the molecule is CC(C)(C)OC(=O)N1CCC[C@@H](NC(=O)CCCBr)C1. The molecule has 0 aliphatic carbocycles. The molecule has 1 N–H and O–H groups in total. The van der Waals surface area contributed by atoms with Crippen LogP contribution in [-0.4, -0.2) is 47.0 Å². The normalized spacial score (nSPS) is 19.6. The second-order valence-electron chi connectivity index (χ2n) is 6.13. The Morgan fingerprint density at radius 2 is 2.10 bits per heavy atom. The van der Waals surface area contributed by atoms with Gasteiger partial charge in [0, 0.05) is 30.9 Å². The minimum absolute atomic E-state index is 0.0408. The maximum absolute atomic E-state index is 12.0. The van der Waals surface area contributed by atoms with Gasteiger partial charge in [0.05, 0.1) is 0 Å². The molecule has 20 heavy (non-hydrogen) atoms. The van der Waals surface area contributed by atoms with Crippen LogP contribution in [0.4, 0.5) is 4.79 Å². The number of carbonyl (C=O) groups excluding carboxylic acids is 2. The maximum Gasteiger partial charge on any atom is 0.410 e. The maximum atomic E-state index is 12.0. The Hall–Kier alpha value is -0.780. The summed E-state index contributed by atoms with van der Waals surface area (Å²) in [6.07, 6.45) is 2.86. The second-order valence-corrected chi connectivity index (χ2v) is 6.92. The van der Waals surface area contributed by atoms with Crippen LogP contribution in [0, 0.1) is 0 Å². The van der Waals surface area contributed by atoms with Gasteiger partial charge in [-0.3, -0.25) is 4.79 Å². The molecule has 0 aromatic carbocycles. The molecule has 1 atom stereocenters. The van der Waals surface area contributed by atoms with E-state index >= 15 is 0 Å². The van der Waals surface area contributed by atoms with E-state index in [1.807, 2.05) is 20.8 Å². The van der Waals surface area contributed by atoms with Crippen LogP contribution >= 0.6 is 15.9 Å². The van der Waals surface area contributed by atoms with Gasteiger partial charge >= 0.3 is 6.09 Å². The molecule has 2 amide bonds. The van der Waals surface area contributed by atoms with Crippen LogP contribution in [0.1, 0.15) is 46.5 Å². The fourth-order valence-corrected chi connectivity index (χ4v) is 2.39. The highest BCUT2D eigenvalue weighted by molar-refractivity contribution is 9.09. The average molecular weight is 349 g/mol. The van der Waals surface area contributed by atoms with E-state index in [1.165, 1.54) is 0 Å². The lowest BCUT2D eigenvalue weighted by Crippen LogP contribution is -2.50. The van der Waals surface area contributed by atoms with E-state index in [9.17, 15) is 9.59 Å². The van der Waals surface area contributed by atoms with E-state index in [0.29, 0.717) is 19.5 Å². The van der Waals surface area contributed by atoms with Crippen molar-refractivity contribution in [2.24, 2.45) is 0 Å². The van der Waals surface area contributed by atoms with Gasteiger partial charge in [-0.2, -0.15) is 0 Å². The molecule has 1 rings (SSSR count). The first kappa shape index (κ1) is 17.3. The van der Waals surface area contributed by atoms with Crippen LogP contribution in [0.15, 0.2) is 0 Å². The summed E-state index contributed by atoms with van der Waals surface area (Å²) < 4.78 is 5.36. The molecular weight excluding hydrogens is 324 g/mol. The summed E-state index contributed by atoms with van der Waals surface area (Å²) in [5.41, 5.74) is -0.483. The Balaban J connectivity index is 2.42. The van der Waals surface area contributed by atoms with Crippen molar-refractivity contribution in [3.8, 4) is 0 Å². The van der Waals surface area contributed by atoms with E-state index in [0.717, 1.165) is 24.6 Å². The summed E-state index contributed by atoms with van der Waals surface area (Å²) in [6, 6.07) is 0.0408. The molecule has 1 aliphatic rings. The largest absolute Gasteiger partial charge is 0.444 e. The van der Waals surface area contributed by atoms with Crippen LogP contribution in [0.5, 0.6) is 0 Å². The predicted molar refractivity (Wildman–Crippen MR) is 82.0 cm³/mol. The lowest BCUT2D eigenvalue weighted by atomic mass is 10.1. The minimum Gasteiger partial charge on any atom is -0.444 e. The summed E-state index contributed by atoms with van der Waals surface area (Å²) >= 11 is 3.31. The summed E-state index contributed by atoms with van der Waals surface area (Å²) in [7, 11) is 0. The van der Waals surface area contributed by atoms with Crippen molar-refractivity contribution < 1.29 is 14.3 Å². The molecular formula is C14H25BrN2O3. The molecule has 0 unspecified atom stereocenters. The Labute approximate surface area is 129 Å². The molecule has 0 bridgehead atoms. The number of carbonyl (C=O) groups is 2. The molecule has 0 radical (unpaired) electrons. The Morgan fingerprint density at radius 1 is 1.40 bits per heavy atom. The summed E-state index contributed by atoms with van der Waals surface area (Å²) in [5, 5.41) is 3.82. The van der Waals surface area contributed by atoms with Crippen molar-refractivity contribution in [1.29, 1.82) is 0 Å². The molecule has 0 spiro atoms. The van der Waals surface area contributed by atoms with Gasteiger partial charge in [0.25, 0.3) is 0 Å². The van der Waals surface area contributed by atoms with E-state index in [-0.39, 0.29) is 18.0 Å². The van der Waals surface area contributed by atoms with E-state index in [4.69, 9.17) is 4.74 Å². The van der Waals surface area contributed by atoms with Crippen LogP contribution in [0.2, 0.25) is 0 Å². The molecule has 1 saturated heterocycles. The fourth-order valence-electron chi connectivity index (χ4n) is 2.11. The zero-order valence-corrected chi connectivity index (χ0v) is 14.2. The zero-order chi connectivity index (χ0) is 15.2. The van der Waals surface area contributed by atoms with E-state index < -0.39 is 5.60 Å². The number of ether oxygens (including phenoxy) is 1. The van der Waals surface area contributed by atoms with Crippen molar-refractivity contribution in [3.05, 3.63) is 0 Å². The van der Waals surface area contributed by atoms with Gasteiger partial charge in [-0.15, -0.1) is 0 Å². The molecule has 1 fully saturated rings. The molecule has 1 heterocycles. The van der Waals surface area contributed by atoms with Crippen LogP contribution in [0.3, 0.4) is 0 Å². The van der Waals surface area contributed by atoms with Crippen LogP contribution < -0.4 is 5.32 Å². The van der Waals surface area contributed by atoms with Crippen molar-refractivity contribution in [1.82, 2.24) is 10.2 Å². The van der Waals surface area contributed by atoms with Gasteiger partial charge in [0.2, 0.25) is 5.91 Å². The van der Waals surface area contributed by atoms with Gasteiger partial charge in [0.15, 0.2) is 0 Å². The third-order valence-electron chi connectivity index (χ3n) is 2.98. The predicted octanol–water partition coefficient (Wildman–Crippen LogP) is 2.68. The molecule has 5 nitrogen and oxygen atoms in total. The van der Waals surface area contributed by atoms with Crippen molar-refractivity contribution >= 4 is 27.9 Å². The number of hydrogen-bond donors (Lipinski definition) is 1. The smallest absolute Gasteiger partial charge is 0.410 e. The standard InChI is InChI=1S/C14H25BrN2O3/c1-14(2,3)20-13(19)17-9-5-6-11(10-17)16-12(18)7-4-8-15/h11H,4-10H2,1-3H3,(H,16,18)/t11-/m1/s1. The number of nitrogens with one attached hydrogen (secondary N) is 1. The van der Waals surface area contributed by atoms with E-state index in [2.05, 4.69) is 21.2 Å². The lowest BCUT2D eigenvalue weighted by molar-refractivity contribution is -0.122. The monoisotopic (exact) mass is 348 g/mol. The van der Waals surface area contributed by atoms with Crippen molar-refractivity contribution in [3.63, 3.8) is 0 Å². The number of likely N-dealkylation sites (tertiary alicyclic amines) is 1. The fraction of sp³-hybridized carbons (Fsp3) is 0.857. The third-order valence-corrected chi connectivity index (χ3v) is 3.54. The molecule has 0 saturated carbocycles. The Morgan fingerprint density at radius 3 is 2.70 bits per heavy atom.